The van der Waals surface area contributed by atoms with Gasteiger partial charge in [0.15, 0.2) is 11.0 Å². The fourth-order valence-electron chi connectivity index (χ4n) is 4.06. The largest absolute Gasteiger partial charge is 0.494 e. The molecule has 0 bridgehead atoms. The molecule has 0 radical (unpaired) electrons. The van der Waals surface area contributed by atoms with Gasteiger partial charge in [0.1, 0.15) is 5.75 Å². The number of aryl methyl sites for hydroxylation is 1. The van der Waals surface area contributed by atoms with Crippen LogP contribution in [-0.2, 0) is 16.8 Å². The highest BCUT2D eigenvalue weighted by Gasteiger charge is 2.18. The monoisotopic (exact) mass is 557 g/mol. The van der Waals surface area contributed by atoms with Gasteiger partial charge in [-0.05, 0) is 78.9 Å². The number of thioether (sulfide) groups is 1. The van der Waals surface area contributed by atoms with Crippen LogP contribution in [0.3, 0.4) is 0 Å². The van der Waals surface area contributed by atoms with Gasteiger partial charge in [-0.3, -0.25) is 14.2 Å². The van der Waals surface area contributed by atoms with Crippen LogP contribution in [-0.4, -0.2) is 38.9 Å². The number of carbonyl (C=O) groups is 2. The number of benzene rings is 3. The van der Waals surface area contributed by atoms with E-state index in [2.05, 4.69) is 41.6 Å². The lowest BCUT2D eigenvalue weighted by Gasteiger charge is -2.19. The first-order valence-electron chi connectivity index (χ1n) is 13.2. The van der Waals surface area contributed by atoms with Gasteiger partial charge in [-0.25, -0.2) is 0 Å². The fraction of sp³-hybridized carbons (Fsp3) is 0.290. The van der Waals surface area contributed by atoms with Crippen LogP contribution < -0.4 is 15.4 Å². The van der Waals surface area contributed by atoms with E-state index in [0.29, 0.717) is 23.2 Å². The Hall–Kier alpha value is -4.11. The zero-order chi connectivity index (χ0) is 28.7. The molecule has 0 aliphatic heterocycles. The van der Waals surface area contributed by atoms with Crippen LogP contribution >= 0.6 is 11.8 Å². The molecule has 0 unspecified atom stereocenters. The Morgan fingerprint density at radius 3 is 2.35 bits per heavy atom. The molecule has 208 valence electrons. The summed E-state index contributed by atoms with van der Waals surface area (Å²) >= 11 is 1.28. The third kappa shape index (κ3) is 7.51. The fourth-order valence-corrected chi connectivity index (χ4v) is 4.83. The zero-order valence-corrected chi connectivity index (χ0v) is 24.3. The lowest BCUT2D eigenvalue weighted by molar-refractivity contribution is -0.113. The molecule has 3 aromatic carbocycles. The third-order valence-electron chi connectivity index (χ3n) is 6.16. The van der Waals surface area contributed by atoms with Crippen molar-refractivity contribution in [2.45, 2.75) is 51.7 Å². The maximum Gasteiger partial charge on any atom is 0.251 e. The Kier molecular flexibility index (Phi) is 9.26. The number of hydrogen-bond acceptors (Lipinski definition) is 6. The van der Waals surface area contributed by atoms with E-state index in [-0.39, 0.29) is 29.5 Å². The topological polar surface area (TPSA) is 98.1 Å². The van der Waals surface area contributed by atoms with Crippen molar-refractivity contribution in [3.63, 3.8) is 0 Å². The molecule has 9 heteroatoms. The van der Waals surface area contributed by atoms with Crippen LogP contribution in [0.1, 0.15) is 55.0 Å². The Bertz CT molecular complexity index is 1460. The van der Waals surface area contributed by atoms with E-state index in [1.165, 1.54) is 11.8 Å². The number of ether oxygens (including phenoxy) is 1. The van der Waals surface area contributed by atoms with Crippen molar-refractivity contribution >= 4 is 29.3 Å². The van der Waals surface area contributed by atoms with Crippen LogP contribution in [0.15, 0.2) is 78.0 Å². The summed E-state index contributed by atoms with van der Waals surface area (Å²) in [7, 11) is 0. The van der Waals surface area contributed by atoms with Crippen LogP contribution in [0.25, 0.3) is 5.69 Å². The van der Waals surface area contributed by atoms with Crippen molar-refractivity contribution in [1.29, 1.82) is 0 Å². The number of nitrogens with one attached hydrogen (secondary N) is 2. The van der Waals surface area contributed by atoms with Gasteiger partial charge in [0, 0.05) is 16.9 Å². The molecule has 40 heavy (non-hydrogen) atoms. The summed E-state index contributed by atoms with van der Waals surface area (Å²) < 4.78 is 7.43. The highest BCUT2D eigenvalue weighted by atomic mass is 32.2. The van der Waals surface area contributed by atoms with Crippen molar-refractivity contribution < 1.29 is 14.3 Å². The molecular formula is C31H35N5O3S. The summed E-state index contributed by atoms with van der Waals surface area (Å²) in [5.74, 6) is 1.10. The van der Waals surface area contributed by atoms with Gasteiger partial charge in [-0.2, -0.15) is 0 Å². The average Bonchev–Trinajstić information content (AvgIpc) is 3.33. The minimum atomic E-state index is -0.201. The van der Waals surface area contributed by atoms with E-state index in [9.17, 15) is 9.59 Å². The number of anilines is 1. The van der Waals surface area contributed by atoms with Crippen LogP contribution in [0.2, 0.25) is 0 Å². The van der Waals surface area contributed by atoms with E-state index < -0.39 is 0 Å². The first-order valence-corrected chi connectivity index (χ1v) is 14.2. The highest BCUT2D eigenvalue weighted by Crippen LogP contribution is 2.25. The molecule has 2 N–H and O–H groups in total. The quantitative estimate of drug-likeness (QED) is 0.235. The van der Waals surface area contributed by atoms with Gasteiger partial charge in [-0.1, -0.05) is 56.8 Å². The van der Waals surface area contributed by atoms with Crippen LogP contribution in [0.4, 0.5) is 5.69 Å². The summed E-state index contributed by atoms with van der Waals surface area (Å²) in [5, 5.41) is 15.1. The molecule has 0 fully saturated rings. The van der Waals surface area contributed by atoms with Gasteiger partial charge in [0.25, 0.3) is 5.91 Å². The van der Waals surface area contributed by atoms with Crippen molar-refractivity contribution in [2.24, 2.45) is 0 Å². The molecule has 1 heterocycles. The number of amides is 2. The zero-order valence-electron chi connectivity index (χ0n) is 23.5. The van der Waals surface area contributed by atoms with Crippen molar-refractivity contribution in [2.75, 3.05) is 17.7 Å². The summed E-state index contributed by atoms with van der Waals surface area (Å²) in [6, 6.07) is 22.8. The lowest BCUT2D eigenvalue weighted by Crippen LogP contribution is -2.25. The molecule has 0 saturated carbocycles. The Labute approximate surface area is 239 Å². The molecule has 8 nitrogen and oxygen atoms in total. The Morgan fingerprint density at radius 1 is 0.975 bits per heavy atom. The molecule has 0 atom stereocenters. The van der Waals surface area contributed by atoms with Crippen LogP contribution in [0.5, 0.6) is 5.75 Å². The summed E-state index contributed by atoms with van der Waals surface area (Å²) in [4.78, 5) is 25.6. The van der Waals surface area contributed by atoms with E-state index in [1.807, 2.05) is 91.2 Å². The smallest absolute Gasteiger partial charge is 0.251 e. The van der Waals surface area contributed by atoms with E-state index >= 15 is 0 Å². The lowest BCUT2D eigenvalue weighted by atomic mass is 9.87. The summed E-state index contributed by atoms with van der Waals surface area (Å²) in [6.07, 6.45) is 0. The van der Waals surface area contributed by atoms with Crippen molar-refractivity contribution in [1.82, 2.24) is 20.1 Å². The average molecular weight is 558 g/mol. The normalized spacial score (nSPS) is 11.2. The number of carbonyl (C=O) groups excluding carboxylic acids is 2. The molecule has 4 aromatic rings. The molecule has 0 saturated heterocycles. The first kappa shape index (κ1) is 28.9. The molecule has 1 aromatic heterocycles. The van der Waals surface area contributed by atoms with E-state index in [4.69, 9.17) is 4.74 Å². The van der Waals surface area contributed by atoms with Crippen LogP contribution in [0, 0.1) is 6.92 Å². The molecule has 2 amide bonds. The van der Waals surface area contributed by atoms with Gasteiger partial charge in [-0.15, -0.1) is 10.2 Å². The number of hydrogen-bond donors (Lipinski definition) is 2. The van der Waals surface area contributed by atoms with Gasteiger partial charge in [0.2, 0.25) is 5.91 Å². The predicted octanol–water partition coefficient (Wildman–Crippen LogP) is 5.93. The third-order valence-corrected chi connectivity index (χ3v) is 7.09. The minimum absolute atomic E-state index is 0.00809. The predicted molar refractivity (Wildman–Crippen MR) is 159 cm³/mol. The second kappa shape index (κ2) is 12.8. The summed E-state index contributed by atoms with van der Waals surface area (Å²) in [6.45, 7) is 11.0. The molecule has 4 rings (SSSR count). The number of aromatic nitrogens is 3. The van der Waals surface area contributed by atoms with Crippen molar-refractivity contribution in [3.8, 4) is 11.4 Å². The highest BCUT2D eigenvalue weighted by molar-refractivity contribution is 7.99. The SMILES string of the molecule is CCOc1ccc(-n2c(CNC(=O)c3ccc(C(C)(C)C)cc3)nnc2SCC(=O)Nc2cccc(C)c2)cc1. The van der Waals surface area contributed by atoms with Crippen molar-refractivity contribution in [3.05, 3.63) is 95.3 Å². The summed E-state index contributed by atoms with van der Waals surface area (Å²) in [5.41, 5.74) is 4.35. The number of nitrogens with zero attached hydrogens (tertiary/aromatic N) is 3. The second-order valence-electron chi connectivity index (χ2n) is 10.4. The van der Waals surface area contributed by atoms with E-state index in [1.54, 1.807) is 0 Å². The Balaban J connectivity index is 1.50. The maximum absolute atomic E-state index is 12.9. The van der Waals surface area contributed by atoms with E-state index in [0.717, 1.165) is 28.3 Å². The first-order chi connectivity index (χ1) is 19.1. The standard InChI is InChI=1S/C31H35N5O3S/c1-6-39-26-16-14-25(15-17-26)36-27(19-32-29(38)22-10-12-23(13-11-22)31(3,4)5)34-35-30(36)40-20-28(37)33-24-9-7-8-21(2)18-24/h7-18H,6,19-20H2,1-5H3,(H,32,38)(H,33,37). The molecule has 0 aliphatic rings. The molecular weight excluding hydrogens is 522 g/mol. The molecule has 0 spiro atoms. The molecule has 0 aliphatic carbocycles. The van der Waals surface area contributed by atoms with Gasteiger partial charge < -0.3 is 15.4 Å². The van der Waals surface area contributed by atoms with Gasteiger partial charge >= 0.3 is 0 Å². The maximum atomic E-state index is 12.9. The minimum Gasteiger partial charge on any atom is -0.494 e. The second-order valence-corrected chi connectivity index (χ2v) is 11.3. The Morgan fingerprint density at radius 2 is 1.70 bits per heavy atom. The number of rotatable bonds is 10. The van der Waals surface area contributed by atoms with Gasteiger partial charge in [0.05, 0.1) is 18.9 Å².